The topological polar surface area (TPSA) is 72.5 Å². The average Bonchev–Trinajstić information content (AvgIpc) is 2.18. The molecule has 4 nitrogen and oxygen atoms in total. The second-order valence-electron chi connectivity index (χ2n) is 2.71. The van der Waals surface area contributed by atoms with Crippen LogP contribution < -0.4 is 10.7 Å². The summed E-state index contributed by atoms with van der Waals surface area (Å²) in [6.07, 6.45) is 2.18. The van der Waals surface area contributed by atoms with Crippen molar-refractivity contribution in [3.8, 4) is 5.75 Å². The van der Waals surface area contributed by atoms with E-state index >= 15 is 0 Å². The first kappa shape index (κ1) is 10.3. The molecule has 1 rings (SSSR count). The Morgan fingerprint density at radius 3 is 2.86 bits per heavy atom. The number of allylic oxidation sites excluding steroid dienone is 1. The van der Waals surface area contributed by atoms with Crippen molar-refractivity contribution in [3.05, 3.63) is 42.0 Å². The molecule has 0 unspecified atom stereocenters. The first-order chi connectivity index (χ1) is 6.70. The van der Waals surface area contributed by atoms with E-state index in [2.05, 4.69) is 11.4 Å². The lowest BCUT2D eigenvalue weighted by atomic mass is 10.1. The monoisotopic (exact) mass is 193 g/mol. The third-order valence-corrected chi connectivity index (χ3v) is 1.81. The summed E-state index contributed by atoms with van der Waals surface area (Å²) in [4.78, 5) is 15.3. The van der Waals surface area contributed by atoms with Crippen LogP contribution in [-0.4, -0.2) is 11.1 Å². The van der Waals surface area contributed by atoms with Gasteiger partial charge in [-0.2, -0.15) is 5.90 Å². The largest absolute Gasteiger partial charge is 0.478 e. The molecule has 0 bridgehead atoms. The summed E-state index contributed by atoms with van der Waals surface area (Å²) in [7, 11) is 0. The van der Waals surface area contributed by atoms with Crippen LogP contribution in [-0.2, 0) is 6.42 Å². The van der Waals surface area contributed by atoms with Crippen molar-refractivity contribution in [1.82, 2.24) is 0 Å². The molecule has 0 aromatic heterocycles. The van der Waals surface area contributed by atoms with Crippen LogP contribution in [0.3, 0.4) is 0 Å². The fraction of sp³-hybridized carbons (Fsp3) is 0.100. The van der Waals surface area contributed by atoms with Gasteiger partial charge in [-0.15, -0.1) is 6.58 Å². The Bertz CT molecular complexity index is 360. The maximum absolute atomic E-state index is 10.8. The number of carboxylic acid groups (broad SMARTS) is 1. The highest BCUT2D eigenvalue weighted by molar-refractivity contribution is 5.91. The van der Waals surface area contributed by atoms with Crippen LogP contribution in [0.4, 0.5) is 0 Å². The van der Waals surface area contributed by atoms with Crippen LogP contribution in [0.25, 0.3) is 0 Å². The molecule has 0 aliphatic carbocycles. The molecule has 0 saturated carbocycles. The number of hydrogen-bond donors (Lipinski definition) is 2. The van der Waals surface area contributed by atoms with E-state index in [1.165, 1.54) is 6.07 Å². The maximum atomic E-state index is 10.8. The fourth-order valence-electron chi connectivity index (χ4n) is 1.21. The molecule has 1 aromatic rings. The van der Waals surface area contributed by atoms with E-state index in [4.69, 9.17) is 11.0 Å². The molecular formula is C10H11NO3. The van der Waals surface area contributed by atoms with Crippen molar-refractivity contribution < 1.29 is 14.7 Å². The molecule has 0 saturated heterocycles. The number of aromatic carboxylic acids is 1. The van der Waals surface area contributed by atoms with E-state index < -0.39 is 5.97 Å². The zero-order valence-electron chi connectivity index (χ0n) is 7.56. The van der Waals surface area contributed by atoms with Gasteiger partial charge in [-0.25, -0.2) is 4.79 Å². The van der Waals surface area contributed by atoms with Gasteiger partial charge in [0.1, 0.15) is 5.56 Å². The summed E-state index contributed by atoms with van der Waals surface area (Å²) < 4.78 is 0. The maximum Gasteiger partial charge on any atom is 0.339 e. The van der Waals surface area contributed by atoms with Gasteiger partial charge in [0.2, 0.25) is 0 Å². The number of carboxylic acids is 1. The summed E-state index contributed by atoms with van der Waals surface area (Å²) in [6.45, 7) is 3.56. The third-order valence-electron chi connectivity index (χ3n) is 1.81. The number of para-hydroxylation sites is 1. The zero-order chi connectivity index (χ0) is 10.6. The lowest BCUT2D eigenvalue weighted by molar-refractivity contribution is 0.0692. The second kappa shape index (κ2) is 4.43. The molecule has 0 aliphatic rings. The summed E-state index contributed by atoms with van der Waals surface area (Å²) in [5.74, 6) is 4.16. The number of nitrogens with two attached hydrogens (primary N) is 1. The van der Waals surface area contributed by atoms with Gasteiger partial charge >= 0.3 is 5.97 Å². The van der Waals surface area contributed by atoms with E-state index in [1.54, 1.807) is 18.2 Å². The normalized spacial score (nSPS) is 9.50. The second-order valence-corrected chi connectivity index (χ2v) is 2.71. The van der Waals surface area contributed by atoms with Crippen LogP contribution in [0, 0.1) is 0 Å². The summed E-state index contributed by atoms with van der Waals surface area (Å²) in [6, 6.07) is 4.83. The third kappa shape index (κ3) is 1.92. The molecular weight excluding hydrogens is 182 g/mol. The molecule has 0 spiro atoms. The molecule has 0 aliphatic heterocycles. The molecule has 0 amide bonds. The van der Waals surface area contributed by atoms with Crippen molar-refractivity contribution in [2.75, 3.05) is 0 Å². The Kier molecular flexibility index (Phi) is 3.25. The summed E-state index contributed by atoms with van der Waals surface area (Å²) in [5, 5.41) is 8.83. The highest BCUT2D eigenvalue weighted by Crippen LogP contribution is 2.23. The van der Waals surface area contributed by atoms with E-state index in [9.17, 15) is 4.79 Å². The Hall–Kier alpha value is -1.81. The van der Waals surface area contributed by atoms with Crippen molar-refractivity contribution >= 4 is 5.97 Å². The number of rotatable bonds is 4. The molecule has 4 heteroatoms. The predicted molar refractivity (Wildman–Crippen MR) is 52.1 cm³/mol. The van der Waals surface area contributed by atoms with Crippen LogP contribution in [0.5, 0.6) is 5.75 Å². The van der Waals surface area contributed by atoms with E-state index in [0.29, 0.717) is 12.0 Å². The summed E-state index contributed by atoms with van der Waals surface area (Å²) in [5.41, 5.74) is 0.772. The standard InChI is InChI=1S/C10H11NO3/c1-2-4-7-5-3-6-8(10(12)13)9(7)14-11/h2-3,5-6H,1,4,11H2,(H,12,13). The first-order valence-corrected chi connectivity index (χ1v) is 4.03. The smallest absolute Gasteiger partial charge is 0.339 e. The van der Waals surface area contributed by atoms with Gasteiger partial charge in [-0.1, -0.05) is 18.2 Å². The van der Waals surface area contributed by atoms with Gasteiger partial charge < -0.3 is 9.94 Å². The first-order valence-electron chi connectivity index (χ1n) is 4.03. The van der Waals surface area contributed by atoms with Crippen LogP contribution in [0.1, 0.15) is 15.9 Å². The molecule has 0 heterocycles. The zero-order valence-corrected chi connectivity index (χ0v) is 7.56. The minimum Gasteiger partial charge on any atom is -0.478 e. The number of carbonyl (C=O) groups is 1. The van der Waals surface area contributed by atoms with Crippen LogP contribution in [0.2, 0.25) is 0 Å². The Labute approximate surface area is 81.6 Å². The van der Waals surface area contributed by atoms with Gasteiger partial charge in [0, 0.05) is 5.56 Å². The van der Waals surface area contributed by atoms with Crippen molar-refractivity contribution in [1.29, 1.82) is 0 Å². The molecule has 0 radical (unpaired) electrons. The van der Waals surface area contributed by atoms with Crippen LogP contribution in [0.15, 0.2) is 30.9 Å². The molecule has 3 N–H and O–H groups in total. The Balaban J connectivity index is 3.24. The van der Waals surface area contributed by atoms with Crippen LogP contribution >= 0.6 is 0 Å². The predicted octanol–water partition coefficient (Wildman–Crippen LogP) is 1.37. The Morgan fingerprint density at radius 2 is 2.36 bits per heavy atom. The van der Waals surface area contributed by atoms with E-state index in [0.717, 1.165) is 0 Å². The highest BCUT2D eigenvalue weighted by atomic mass is 16.6. The minimum atomic E-state index is -1.06. The lowest BCUT2D eigenvalue weighted by Gasteiger charge is -2.08. The Morgan fingerprint density at radius 1 is 1.64 bits per heavy atom. The van der Waals surface area contributed by atoms with Gasteiger partial charge in [-0.3, -0.25) is 0 Å². The summed E-state index contributed by atoms with van der Waals surface area (Å²) >= 11 is 0. The molecule has 1 aromatic carbocycles. The highest BCUT2D eigenvalue weighted by Gasteiger charge is 2.13. The number of benzene rings is 1. The molecule has 14 heavy (non-hydrogen) atoms. The molecule has 0 atom stereocenters. The minimum absolute atomic E-state index is 0.0619. The molecule has 74 valence electrons. The van der Waals surface area contributed by atoms with Gasteiger partial charge in [0.25, 0.3) is 0 Å². The lowest BCUT2D eigenvalue weighted by Crippen LogP contribution is -2.10. The van der Waals surface area contributed by atoms with Crippen molar-refractivity contribution in [2.24, 2.45) is 5.90 Å². The van der Waals surface area contributed by atoms with Crippen molar-refractivity contribution in [3.63, 3.8) is 0 Å². The van der Waals surface area contributed by atoms with E-state index in [-0.39, 0.29) is 11.3 Å². The van der Waals surface area contributed by atoms with Gasteiger partial charge in [0.15, 0.2) is 5.75 Å². The van der Waals surface area contributed by atoms with Gasteiger partial charge in [0.05, 0.1) is 0 Å². The van der Waals surface area contributed by atoms with E-state index in [1.807, 2.05) is 0 Å². The fourth-order valence-corrected chi connectivity index (χ4v) is 1.21. The SMILES string of the molecule is C=CCc1cccc(C(=O)O)c1ON. The van der Waals surface area contributed by atoms with Gasteiger partial charge in [-0.05, 0) is 12.5 Å². The quantitative estimate of drug-likeness (QED) is 0.559. The molecule has 0 fully saturated rings. The average molecular weight is 193 g/mol. The van der Waals surface area contributed by atoms with Crippen molar-refractivity contribution in [2.45, 2.75) is 6.42 Å². The number of hydrogen-bond acceptors (Lipinski definition) is 3.